The van der Waals surface area contributed by atoms with Crippen molar-refractivity contribution in [2.45, 2.75) is 32.9 Å². The summed E-state index contributed by atoms with van der Waals surface area (Å²) in [6, 6.07) is 16.8. The van der Waals surface area contributed by atoms with Crippen LogP contribution in [0.5, 0.6) is 11.5 Å². The number of nitrogens with zero attached hydrogens (tertiary/aromatic N) is 4. The van der Waals surface area contributed by atoms with Crippen LogP contribution in [0, 0.1) is 0 Å². The molecule has 1 fully saturated rings. The Hall–Kier alpha value is -4.70. The van der Waals surface area contributed by atoms with Gasteiger partial charge < -0.3 is 44.5 Å². The standard InChI is InChI=1S/C40H46Cl2N6O8/c1-25(46-56-12-9-44-36(49)23-53-15-14-52-11-8-43)26-6-5-7-27(16-26)31-20-32-35(21-34(31)51-4)55-22-33-37(39(50)47-10-13-54-24-40(47,2)3)45-48(38(32)33)30-18-28(41)17-29(42)19-30/h5-7,16-21H,8-15,22-24,43H2,1-4H3,(H,44,49)/b46-25+. The van der Waals surface area contributed by atoms with Crippen LogP contribution in [-0.4, -0.2) is 111 Å². The Kier molecular flexibility index (Phi) is 13.5. The van der Waals surface area contributed by atoms with E-state index in [9.17, 15) is 9.59 Å². The largest absolute Gasteiger partial charge is 0.496 e. The number of nitrogens with one attached hydrogen (secondary N) is 1. The fourth-order valence-electron chi connectivity index (χ4n) is 6.52. The lowest BCUT2D eigenvalue weighted by Gasteiger charge is -2.41. The number of methoxy groups -OCH3 is 1. The third-order valence-corrected chi connectivity index (χ3v) is 9.71. The van der Waals surface area contributed by atoms with E-state index in [0.29, 0.717) is 95.9 Å². The number of rotatable bonds is 16. The van der Waals surface area contributed by atoms with Crippen LogP contribution in [0.1, 0.15) is 42.4 Å². The van der Waals surface area contributed by atoms with Crippen LogP contribution in [0.2, 0.25) is 10.0 Å². The van der Waals surface area contributed by atoms with Gasteiger partial charge in [0.25, 0.3) is 5.91 Å². The zero-order valence-electron chi connectivity index (χ0n) is 31.9. The molecular formula is C40H46Cl2N6O8. The molecule has 0 atom stereocenters. The highest BCUT2D eigenvalue weighted by atomic mass is 35.5. The second-order valence-electron chi connectivity index (χ2n) is 13.8. The van der Waals surface area contributed by atoms with Gasteiger partial charge >= 0.3 is 0 Å². The van der Waals surface area contributed by atoms with Crippen molar-refractivity contribution in [1.82, 2.24) is 20.0 Å². The van der Waals surface area contributed by atoms with Crippen molar-refractivity contribution < 1.29 is 38.1 Å². The molecule has 16 heteroatoms. The van der Waals surface area contributed by atoms with Crippen LogP contribution in [-0.2, 0) is 30.4 Å². The van der Waals surface area contributed by atoms with E-state index in [1.807, 2.05) is 57.2 Å². The Morgan fingerprint density at radius 2 is 1.80 bits per heavy atom. The Morgan fingerprint density at radius 1 is 1.02 bits per heavy atom. The van der Waals surface area contributed by atoms with Crippen molar-refractivity contribution in [3.8, 4) is 39.6 Å². The lowest BCUT2D eigenvalue weighted by atomic mass is 9.94. The van der Waals surface area contributed by atoms with Crippen molar-refractivity contribution in [3.05, 3.63) is 81.5 Å². The summed E-state index contributed by atoms with van der Waals surface area (Å²) in [5.74, 6) is 0.668. The molecule has 3 heterocycles. The summed E-state index contributed by atoms with van der Waals surface area (Å²) < 4.78 is 30.1. The number of carbonyl (C=O) groups is 2. The summed E-state index contributed by atoms with van der Waals surface area (Å²) in [5.41, 5.74) is 10.8. The minimum Gasteiger partial charge on any atom is -0.496 e. The predicted octanol–water partition coefficient (Wildman–Crippen LogP) is 5.51. The second-order valence-corrected chi connectivity index (χ2v) is 14.6. The van der Waals surface area contributed by atoms with Crippen LogP contribution in [0.4, 0.5) is 0 Å². The average molecular weight is 810 g/mol. The van der Waals surface area contributed by atoms with Gasteiger partial charge in [-0.1, -0.05) is 46.6 Å². The summed E-state index contributed by atoms with van der Waals surface area (Å²) in [5, 5.41) is 12.8. The van der Waals surface area contributed by atoms with Gasteiger partial charge in [0.2, 0.25) is 5.91 Å². The first kappa shape index (κ1) is 40.9. The van der Waals surface area contributed by atoms with Crippen LogP contribution < -0.4 is 20.5 Å². The zero-order valence-corrected chi connectivity index (χ0v) is 33.4. The highest BCUT2D eigenvalue weighted by molar-refractivity contribution is 6.34. The molecule has 1 aromatic heterocycles. The maximum absolute atomic E-state index is 14.3. The minimum atomic E-state index is -0.539. The van der Waals surface area contributed by atoms with E-state index in [-0.39, 0.29) is 43.9 Å². The molecule has 3 N–H and O–H groups in total. The average Bonchev–Trinajstić information content (AvgIpc) is 3.58. The van der Waals surface area contributed by atoms with Crippen LogP contribution in [0.25, 0.3) is 28.1 Å². The first-order valence-corrected chi connectivity index (χ1v) is 19.0. The maximum atomic E-state index is 14.3. The van der Waals surface area contributed by atoms with Gasteiger partial charge in [0.1, 0.15) is 31.3 Å². The quantitative estimate of drug-likeness (QED) is 0.0839. The molecule has 4 aromatic rings. The first-order chi connectivity index (χ1) is 27.0. The highest BCUT2D eigenvalue weighted by Gasteiger charge is 2.39. The van der Waals surface area contributed by atoms with Gasteiger partial charge in [0, 0.05) is 45.9 Å². The molecule has 2 amide bonds. The molecule has 0 aliphatic carbocycles. The number of aromatic nitrogens is 2. The lowest BCUT2D eigenvalue weighted by molar-refractivity contribution is -0.126. The molecule has 3 aromatic carbocycles. The summed E-state index contributed by atoms with van der Waals surface area (Å²) in [7, 11) is 1.60. The molecule has 56 heavy (non-hydrogen) atoms. The Bertz CT molecular complexity index is 2070. The summed E-state index contributed by atoms with van der Waals surface area (Å²) in [6.07, 6.45) is 0. The van der Waals surface area contributed by atoms with Crippen molar-refractivity contribution in [3.63, 3.8) is 0 Å². The van der Waals surface area contributed by atoms with Crippen LogP contribution in [0.3, 0.4) is 0 Å². The van der Waals surface area contributed by atoms with Gasteiger partial charge in [0.05, 0.1) is 69.3 Å². The molecular weight excluding hydrogens is 763 g/mol. The van der Waals surface area contributed by atoms with E-state index in [1.54, 1.807) is 34.9 Å². The van der Waals surface area contributed by atoms with E-state index in [2.05, 4.69) is 10.5 Å². The third-order valence-electron chi connectivity index (χ3n) is 9.27. The van der Waals surface area contributed by atoms with Gasteiger partial charge in [-0.25, -0.2) is 4.68 Å². The van der Waals surface area contributed by atoms with Gasteiger partial charge in [-0.2, -0.15) is 5.10 Å². The fourth-order valence-corrected chi connectivity index (χ4v) is 7.03. The van der Waals surface area contributed by atoms with Gasteiger partial charge in [-0.3, -0.25) is 9.59 Å². The number of benzene rings is 3. The summed E-state index contributed by atoms with van der Waals surface area (Å²) in [6.45, 7) is 9.08. The van der Waals surface area contributed by atoms with E-state index >= 15 is 0 Å². The number of halogens is 2. The number of morpholine rings is 1. The summed E-state index contributed by atoms with van der Waals surface area (Å²) >= 11 is 13.0. The molecule has 0 bridgehead atoms. The molecule has 0 radical (unpaired) electrons. The normalized spacial score (nSPS) is 14.8. The van der Waals surface area contributed by atoms with Gasteiger partial charge in [0.15, 0.2) is 5.69 Å². The van der Waals surface area contributed by atoms with Crippen molar-refractivity contribution in [2.75, 3.05) is 73.0 Å². The molecule has 6 rings (SSSR count). The van der Waals surface area contributed by atoms with Gasteiger partial charge in [-0.15, -0.1) is 0 Å². The Morgan fingerprint density at radius 3 is 2.55 bits per heavy atom. The number of fused-ring (bicyclic) bond motifs is 3. The SMILES string of the molecule is COc1cc2c(cc1-c1cccc(/C(C)=N/OCCNC(=O)COCCOCCN)c1)-c1c(c(C(=O)N3CCOCC3(C)C)nn1-c1cc(Cl)cc(Cl)c1)CO2. The molecule has 1 saturated heterocycles. The molecule has 14 nitrogen and oxygen atoms in total. The highest BCUT2D eigenvalue weighted by Crippen LogP contribution is 2.46. The monoisotopic (exact) mass is 808 g/mol. The van der Waals surface area contributed by atoms with Gasteiger partial charge in [-0.05, 0) is 62.2 Å². The Labute approximate surface area is 335 Å². The van der Waals surface area contributed by atoms with E-state index < -0.39 is 5.54 Å². The fraction of sp³-hybridized carbons (Fsp3) is 0.400. The second kappa shape index (κ2) is 18.5. The number of carbonyl (C=O) groups excluding carboxylic acids is 2. The number of hydrogen-bond acceptors (Lipinski definition) is 11. The lowest BCUT2D eigenvalue weighted by Crippen LogP contribution is -2.55. The van der Waals surface area contributed by atoms with E-state index in [4.69, 9.17) is 62.6 Å². The van der Waals surface area contributed by atoms with Crippen molar-refractivity contribution >= 4 is 40.7 Å². The molecule has 2 aliphatic rings. The van der Waals surface area contributed by atoms with E-state index in [0.717, 1.165) is 16.7 Å². The van der Waals surface area contributed by atoms with Crippen molar-refractivity contribution in [2.24, 2.45) is 10.9 Å². The molecule has 2 aliphatic heterocycles. The molecule has 0 unspecified atom stereocenters. The topological polar surface area (TPSA) is 161 Å². The van der Waals surface area contributed by atoms with Crippen molar-refractivity contribution in [1.29, 1.82) is 0 Å². The number of amides is 2. The maximum Gasteiger partial charge on any atom is 0.275 e. The minimum absolute atomic E-state index is 0.0793. The van der Waals surface area contributed by atoms with Crippen LogP contribution >= 0.6 is 23.2 Å². The predicted molar refractivity (Wildman–Crippen MR) is 213 cm³/mol. The number of oxime groups is 1. The van der Waals surface area contributed by atoms with E-state index in [1.165, 1.54) is 0 Å². The first-order valence-electron chi connectivity index (χ1n) is 18.2. The number of ether oxygens (including phenoxy) is 5. The summed E-state index contributed by atoms with van der Waals surface area (Å²) in [4.78, 5) is 33.6. The molecule has 298 valence electrons. The number of hydrogen-bond donors (Lipinski definition) is 2. The number of nitrogens with two attached hydrogens (primary N) is 1. The van der Waals surface area contributed by atoms with Crippen LogP contribution in [0.15, 0.2) is 59.8 Å². The molecule has 0 spiro atoms. The molecule has 0 saturated carbocycles. The zero-order chi connectivity index (χ0) is 39.8. The smallest absolute Gasteiger partial charge is 0.275 e. The Balaban J connectivity index is 1.27. The third kappa shape index (κ3) is 9.45.